The SMILES string of the molecule is COc1ccc(CC(=O)Cc2cn3ccsc3n2)cc1. The van der Waals surface area contributed by atoms with E-state index in [-0.39, 0.29) is 5.78 Å². The standard InChI is InChI=1S/C15H14N2O2S/c1-19-14-4-2-11(3-5-14)8-13(18)9-12-10-17-6-7-20-15(17)16-12/h2-7,10H,8-9H2,1H3. The predicted octanol–water partition coefficient (Wildman–Crippen LogP) is 2.76. The van der Waals surface area contributed by atoms with Crippen molar-refractivity contribution in [2.75, 3.05) is 7.11 Å². The molecule has 3 rings (SSSR count). The van der Waals surface area contributed by atoms with Crippen LogP contribution in [0.15, 0.2) is 42.0 Å². The van der Waals surface area contributed by atoms with Crippen LogP contribution in [0.2, 0.25) is 0 Å². The van der Waals surface area contributed by atoms with Gasteiger partial charge in [0.2, 0.25) is 0 Å². The third-order valence-electron chi connectivity index (χ3n) is 3.08. The van der Waals surface area contributed by atoms with Crippen LogP contribution in [0.25, 0.3) is 4.96 Å². The molecule has 0 N–H and O–H groups in total. The maximum Gasteiger partial charge on any atom is 0.193 e. The van der Waals surface area contributed by atoms with E-state index in [1.807, 2.05) is 46.4 Å². The van der Waals surface area contributed by atoms with Crippen molar-refractivity contribution in [2.24, 2.45) is 0 Å². The number of ether oxygens (including phenoxy) is 1. The monoisotopic (exact) mass is 286 g/mol. The smallest absolute Gasteiger partial charge is 0.193 e. The molecule has 102 valence electrons. The Kier molecular flexibility index (Phi) is 3.52. The Bertz CT molecular complexity index is 699. The molecule has 0 aliphatic carbocycles. The molecule has 0 aliphatic heterocycles. The lowest BCUT2D eigenvalue weighted by molar-refractivity contribution is -0.117. The zero-order chi connectivity index (χ0) is 13.9. The van der Waals surface area contributed by atoms with Crippen LogP contribution < -0.4 is 4.74 Å². The second-order valence-corrected chi connectivity index (χ2v) is 5.44. The molecule has 20 heavy (non-hydrogen) atoms. The van der Waals surface area contributed by atoms with E-state index >= 15 is 0 Å². The van der Waals surface area contributed by atoms with Gasteiger partial charge in [-0.05, 0) is 17.7 Å². The highest BCUT2D eigenvalue weighted by Crippen LogP contribution is 2.14. The summed E-state index contributed by atoms with van der Waals surface area (Å²) in [6, 6.07) is 7.58. The zero-order valence-electron chi connectivity index (χ0n) is 11.1. The highest BCUT2D eigenvalue weighted by molar-refractivity contribution is 7.15. The van der Waals surface area contributed by atoms with Gasteiger partial charge in [0.1, 0.15) is 11.5 Å². The van der Waals surface area contributed by atoms with E-state index in [0.717, 1.165) is 22.0 Å². The van der Waals surface area contributed by atoms with Crippen molar-refractivity contribution >= 4 is 22.1 Å². The number of hydrogen-bond acceptors (Lipinski definition) is 4. The first-order valence-electron chi connectivity index (χ1n) is 6.30. The van der Waals surface area contributed by atoms with Gasteiger partial charge in [0.15, 0.2) is 4.96 Å². The maximum absolute atomic E-state index is 12.1. The second-order valence-electron chi connectivity index (χ2n) is 4.57. The summed E-state index contributed by atoms with van der Waals surface area (Å²) in [6.07, 6.45) is 4.66. The van der Waals surface area contributed by atoms with Gasteiger partial charge in [-0.1, -0.05) is 12.1 Å². The van der Waals surface area contributed by atoms with Gasteiger partial charge in [-0.25, -0.2) is 4.98 Å². The van der Waals surface area contributed by atoms with Gasteiger partial charge in [0.25, 0.3) is 0 Å². The van der Waals surface area contributed by atoms with Gasteiger partial charge in [0.05, 0.1) is 19.2 Å². The molecule has 3 aromatic rings. The number of rotatable bonds is 5. The van der Waals surface area contributed by atoms with E-state index in [2.05, 4.69) is 4.98 Å². The molecule has 1 aromatic carbocycles. The van der Waals surface area contributed by atoms with Gasteiger partial charge in [-0.15, -0.1) is 11.3 Å². The summed E-state index contributed by atoms with van der Waals surface area (Å²) in [5, 5.41) is 1.98. The Labute approximate surface area is 120 Å². The summed E-state index contributed by atoms with van der Waals surface area (Å²) >= 11 is 1.57. The number of hydrogen-bond donors (Lipinski definition) is 0. The Balaban J connectivity index is 1.65. The first-order valence-corrected chi connectivity index (χ1v) is 7.18. The van der Waals surface area contributed by atoms with Crippen LogP contribution >= 0.6 is 11.3 Å². The topological polar surface area (TPSA) is 43.6 Å². The molecule has 2 aromatic heterocycles. The molecule has 0 saturated carbocycles. The third kappa shape index (κ3) is 2.72. The van der Waals surface area contributed by atoms with E-state index in [4.69, 9.17) is 4.74 Å². The molecule has 0 radical (unpaired) electrons. The van der Waals surface area contributed by atoms with Crippen LogP contribution in [0.3, 0.4) is 0 Å². The number of fused-ring (bicyclic) bond motifs is 1. The summed E-state index contributed by atoms with van der Waals surface area (Å²) in [4.78, 5) is 17.4. The molecule has 4 nitrogen and oxygen atoms in total. The van der Waals surface area contributed by atoms with E-state index in [1.165, 1.54) is 0 Å². The minimum Gasteiger partial charge on any atom is -0.497 e. The lowest BCUT2D eigenvalue weighted by atomic mass is 10.1. The Morgan fingerprint density at radius 1 is 1.30 bits per heavy atom. The first-order chi connectivity index (χ1) is 9.74. The molecule has 0 bridgehead atoms. The first kappa shape index (κ1) is 12.9. The van der Waals surface area contributed by atoms with Gasteiger partial charge >= 0.3 is 0 Å². The van der Waals surface area contributed by atoms with Crippen LogP contribution in [0.5, 0.6) is 5.75 Å². The Hall–Kier alpha value is -2.14. The van der Waals surface area contributed by atoms with Crippen molar-refractivity contribution in [3.05, 3.63) is 53.3 Å². The van der Waals surface area contributed by atoms with Crippen molar-refractivity contribution in [1.82, 2.24) is 9.38 Å². The molecule has 0 amide bonds. The number of Topliss-reactive ketones (excluding diaryl/α,β-unsaturated/α-hetero) is 1. The third-order valence-corrected chi connectivity index (χ3v) is 3.85. The van der Waals surface area contributed by atoms with Crippen molar-refractivity contribution in [1.29, 1.82) is 0 Å². The Morgan fingerprint density at radius 2 is 2.10 bits per heavy atom. The predicted molar refractivity (Wildman–Crippen MR) is 78.5 cm³/mol. The van der Waals surface area contributed by atoms with Crippen LogP contribution in [-0.4, -0.2) is 22.3 Å². The molecule has 0 atom stereocenters. The molecule has 2 heterocycles. The lowest BCUT2D eigenvalue weighted by Crippen LogP contribution is -2.06. The van der Waals surface area contributed by atoms with E-state index < -0.39 is 0 Å². The van der Waals surface area contributed by atoms with E-state index in [9.17, 15) is 4.79 Å². The lowest BCUT2D eigenvalue weighted by Gasteiger charge is -2.02. The molecular weight excluding hydrogens is 272 g/mol. The molecular formula is C15H14N2O2S. The molecule has 0 unspecified atom stereocenters. The highest BCUT2D eigenvalue weighted by atomic mass is 32.1. The molecule has 5 heteroatoms. The Morgan fingerprint density at radius 3 is 2.80 bits per heavy atom. The number of ketones is 1. The van der Waals surface area contributed by atoms with Crippen LogP contribution in [-0.2, 0) is 17.6 Å². The fourth-order valence-electron chi connectivity index (χ4n) is 2.10. The van der Waals surface area contributed by atoms with Gasteiger partial charge < -0.3 is 4.74 Å². The number of imidazole rings is 1. The van der Waals surface area contributed by atoms with Crippen LogP contribution in [0.4, 0.5) is 0 Å². The van der Waals surface area contributed by atoms with Crippen LogP contribution in [0, 0.1) is 0 Å². The van der Waals surface area contributed by atoms with Crippen molar-refractivity contribution in [3.63, 3.8) is 0 Å². The quantitative estimate of drug-likeness (QED) is 0.724. The van der Waals surface area contributed by atoms with Crippen molar-refractivity contribution in [3.8, 4) is 5.75 Å². The number of carbonyl (C=O) groups excluding carboxylic acids is 1. The molecule has 0 aliphatic rings. The van der Waals surface area contributed by atoms with E-state index in [1.54, 1.807) is 18.4 Å². The summed E-state index contributed by atoms with van der Waals surface area (Å²) in [7, 11) is 1.63. The molecule has 0 spiro atoms. The number of nitrogens with zero attached hydrogens (tertiary/aromatic N) is 2. The number of methoxy groups -OCH3 is 1. The highest BCUT2D eigenvalue weighted by Gasteiger charge is 2.09. The summed E-state index contributed by atoms with van der Waals surface area (Å²) < 4.78 is 7.04. The summed E-state index contributed by atoms with van der Waals surface area (Å²) in [5.41, 5.74) is 1.83. The zero-order valence-corrected chi connectivity index (χ0v) is 11.9. The maximum atomic E-state index is 12.1. The fourth-order valence-corrected chi connectivity index (χ4v) is 2.82. The second kappa shape index (κ2) is 5.46. The minimum absolute atomic E-state index is 0.168. The van der Waals surface area contributed by atoms with Crippen molar-refractivity contribution < 1.29 is 9.53 Å². The van der Waals surface area contributed by atoms with E-state index in [0.29, 0.717) is 12.8 Å². The largest absolute Gasteiger partial charge is 0.497 e. The minimum atomic E-state index is 0.168. The van der Waals surface area contributed by atoms with Gasteiger partial charge in [-0.3, -0.25) is 9.20 Å². The summed E-state index contributed by atoms with van der Waals surface area (Å²) in [6.45, 7) is 0. The number of carbonyl (C=O) groups is 1. The molecule has 0 saturated heterocycles. The normalized spacial score (nSPS) is 10.8. The van der Waals surface area contributed by atoms with Crippen molar-refractivity contribution in [2.45, 2.75) is 12.8 Å². The van der Waals surface area contributed by atoms with Gasteiger partial charge in [-0.2, -0.15) is 0 Å². The molecule has 0 fully saturated rings. The fraction of sp³-hybridized carbons (Fsp3) is 0.200. The van der Waals surface area contributed by atoms with Gasteiger partial charge in [0, 0.05) is 24.2 Å². The van der Waals surface area contributed by atoms with Crippen LogP contribution in [0.1, 0.15) is 11.3 Å². The number of aromatic nitrogens is 2. The average molecular weight is 286 g/mol. The average Bonchev–Trinajstić information content (AvgIpc) is 3.00. The number of thiazole rings is 1. The number of benzene rings is 1. The summed E-state index contributed by atoms with van der Waals surface area (Å²) in [5.74, 6) is 0.969.